The summed E-state index contributed by atoms with van der Waals surface area (Å²) in [4.78, 5) is 0. The van der Waals surface area contributed by atoms with E-state index in [1.165, 1.54) is 38.5 Å². The summed E-state index contributed by atoms with van der Waals surface area (Å²) < 4.78 is 0. The summed E-state index contributed by atoms with van der Waals surface area (Å²) in [6, 6.07) is 0. The van der Waals surface area contributed by atoms with Crippen LogP contribution in [0.3, 0.4) is 0 Å². The SMILES string of the molecule is CCCCC1(CC)CCCCC1O. The molecule has 0 heterocycles. The summed E-state index contributed by atoms with van der Waals surface area (Å²) in [5.74, 6) is 0. The van der Waals surface area contributed by atoms with Crippen LogP contribution in [-0.2, 0) is 0 Å². The minimum atomic E-state index is -0.0159. The van der Waals surface area contributed by atoms with Crippen molar-refractivity contribution in [2.45, 2.75) is 71.3 Å². The molecule has 1 heteroatoms. The first-order valence-electron chi connectivity index (χ1n) is 5.93. The molecule has 13 heavy (non-hydrogen) atoms. The lowest BCUT2D eigenvalue weighted by molar-refractivity contribution is -0.0221. The average Bonchev–Trinajstić information content (AvgIpc) is 2.17. The van der Waals surface area contributed by atoms with E-state index in [4.69, 9.17) is 0 Å². The van der Waals surface area contributed by atoms with E-state index in [0.29, 0.717) is 0 Å². The Labute approximate surface area is 82.5 Å². The van der Waals surface area contributed by atoms with E-state index in [1.54, 1.807) is 0 Å². The fraction of sp³-hybridized carbons (Fsp3) is 1.00. The fourth-order valence-corrected chi connectivity index (χ4v) is 2.70. The third-order valence-electron chi connectivity index (χ3n) is 3.84. The molecule has 1 rings (SSSR count). The van der Waals surface area contributed by atoms with Crippen LogP contribution in [0, 0.1) is 5.41 Å². The summed E-state index contributed by atoms with van der Waals surface area (Å²) in [5, 5.41) is 10.0. The van der Waals surface area contributed by atoms with Gasteiger partial charge < -0.3 is 5.11 Å². The van der Waals surface area contributed by atoms with Crippen molar-refractivity contribution in [3.8, 4) is 0 Å². The maximum Gasteiger partial charge on any atom is 0.0596 e. The minimum Gasteiger partial charge on any atom is -0.393 e. The molecule has 0 spiro atoms. The lowest BCUT2D eigenvalue weighted by Crippen LogP contribution is -2.37. The third-order valence-corrected chi connectivity index (χ3v) is 3.84. The van der Waals surface area contributed by atoms with Gasteiger partial charge in [0.15, 0.2) is 0 Å². The van der Waals surface area contributed by atoms with Crippen molar-refractivity contribution in [1.29, 1.82) is 0 Å². The van der Waals surface area contributed by atoms with Crippen LogP contribution in [-0.4, -0.2) is 11.2 Å². The number of hydrogen-bond acceptors (Lipinski definition) is 1. The Morgan fingerprint density at radius 1 is 1.31 bits per heavy atom. The topological polar surface area (TPSA) is 20.2 Å². The highest BCUT2D eigenvalue weighted by Crippen LogP contribution is 2.43. The third kappa shape index (κ3) is 2.46. The van der Waals surface area contributed by atoms with Gasteiger partial charge in [-0.2, -0.15) is 0 Å². The minimum absolute atomic E-state index is 0.0159. The predicted octanol–water partition coefficient (Wildman–Crippen LogP) is 3.51. The summed E-state index contributed by atoms with van der Waals surface area (Å²) in [5.41, 5.74) is 0.286. The smallest absolute Gasteiger partial charge is 0.0596 e. The van der Waals surface area contributed by atoms with Gasteiger partial charge in [-0.05, 0) is 31.1 Å². The fourth-order valence-electron chi connectivity index (χ4n) is 2.70. The van der Waals surface area contributed by atoms with Crippen molar-refractivity contribution in [1.82, 2.24) is 0 Å². The van der Waals surface area contributed by atoms with Gasteiger partial charge in [0, 0.05) is 0 Å². The first kappa shape index (κ1) is 11.0. The highest BCUT2D eigenvalue weighted by atomic mass is 16.3. The van der Waals surface area contributed by atoms with Crippen molar-refractivity contribution in [2.24, 2.45) is 5.41 Å². The second-order valence-electron chi connectivity index (χ2n) is 4.58. The highest BCUT2D eigenvalue weighted by molar-refractivity contribution is 4.88. The molecular formula is C12H24O. The molecule has 1 fully saturated rings. The second kappa shape index (κ2) is 4.99. The summed E-state index contributed by atoms with van der Waals surface area (Å²) in [7, 11) is 0. The van der Waals surface area contributed by atoms with Crippen molar-refractivity contribution in [2.75, 3.05) is 0 Å². The van der Waals surface area contributed by atoms with E-state index in [0.717, 1.165) is 12.8 Å². The molecule has 1 saturated carbocycles. The van der Waals surface area contributed by atoms with Crippen LogP contribution in [0.25, 0.3) is 0 Å². The number of unbranched alkanes of at least 4 members (excludes halogenated alkanes) is 1. The molecule has 0 aromatic carbocycles. The van der Waals surface area contributed by atoms with Gasteiger partial charge in [-0.3, -0.25) is 0 Å². The van der Waals surface area contributed by atoms with Crippen molar-refractivity contribution in [3.63, 3.8) is 0 Å². The van der Waals surface area contributed by atoms with Gasteiger partial charge in [0.05, 0.1) is 6.10 Å². The van der Waals surface area contributed by atoms with E-state index in [-0.39, 0.29) is 11.5 Å². The van der Waals surface area contributed by atoms with E-state index >= 15 is 0 Å². The van der Waals surface area contributed by atoms with Crippen molar-refractivity contribution in [3.05, 3.63) is 0 Å². The Balaban J connectivity index is 2.53. The first-order valence-corrected chi connectivity index (χ1v) is 5.93. The Hall–Kier alpha value is -0.0400. The molecule has 1 nitrogen and oxygen atoms in total. The maximum atomic E-state index is 10.0. The zero-order valence-electron chi connectivity index (χ0n) is 9.18. The van der Waals surface area contributed by atoms with Crippen LogP contribution in [0.1, 0.15) is 65.2 Å². The molecule has 78 valence electrons. The molecule has 0 amide bonds. The first-order chi connectivity index (χ1) is 6.25. The van der Waals surface area contributed by atoms with Gasteiger partial charge in [0.1, 0.15) is 0 Å². The normalized spacial score (nSPS) is 34.8. The Kier molecular flexibility index (Phi) is 4.24. The largest absolute Gasteiger partial charge is 0.393 e. The van der Waals surface area contributed by atoms with Gasteiger partial charge in [0.25, 0.3) is 0 Å². The number of aliphatic hydroxyl groups excluding tert-OH is 1. The van der Waals surface area contributed by atoms with E-state index in [9.17, 15) is 5.11 Å². The standard InChI is InChI=1S/C12H24O/c1-3-5-9-12(4-2)10-7-6-8-11(12)13/h11,13H,3-10H2,1-2H3. The summed E-state index contributed by atoms with van der Waals surface area (Å²) >= 11 is 0. The van der Waals surface area contributed by atoms with Gasteiger partial charge in [-0.15, -0.1) is 0 Å². The molecule has 1 aliphatic rings. The van der Waals surface area contributed by atoms with Crippen LogP contribution in [0.4, 0.5) is 0 Å². The molecule has 2 unspecified atom stereocenters. The van der Waals surface area contributed by atoms with Crippen LogP contribution < -0.4 is 0 Å². The second-order valence-corrected chi connectivity index (χ2v) is 4.58. The van der Waals surface area contributed by atoms with E-state index in [1.807, 2.05) is 0 Å². The maximum absolute atomic E-state index is 10.0. The highest BCUT2D eigenvalue weighted by Gasteiger charge is 2.37. The molecule has 2 atom stereocenters. The molecule has 0 bridgehead atoms. The molecule has 0 aromatic heterocycles. The molecule has 0 aliphatic heterocycles. The molecule has 0 aromatic rings. The quantitative estimate of drug-likeness (QED) is 0.709. The Bertz CT molecular complexity index is 144. The number of aliphatic hydroxyl groups is 1. The Morgan fingerprint density at radius 2 is 2.08 bits per heavy atom. The lowest BCUT2D eigenvalue weighted by atomic mass is 9.67. The molecule has 0 saturated heterocycles. The van der Waals surface area contributed by atoms with E-state index < -0.39 is 0 Å². The molecule has 1 N–H and O–H groups in total. The van der Waals surface area contributed by atoms with Gasteiger partial charge >= 0.3 is 0 Å². The molecule has 0 radical (unpaired) electrons. The Morgan fingerprint density at radius 3 is 2.62 bits per heavy atom. The van der Waals surface area contributed by atoms with E-state index in [2.05, 4.69) is 13.8 Å². The van der Waals surface area contributed by atoms with Gasteiger partial charge in [-0.25, -0.2) is 0 Å². The average molecular weight is 184 g/mol. The molecule has 1 aliphatic carbocycles. The van der Waals surface area contributed by atoms with Crippen LogP contribution in [0.5, 0.6) is 0 Å². The van der Waals surface area contributed by atoms with Crippen molar-refractivity contribution < 1.29 is 5.11 Å². The lowest BCUT2D eigenvalue weighted by Gasteiger charge is -2.41. The number of rotatable bonds is 4. The summed E-state index contributed by atoms with van der Waals surface area (Å²) in [6.07, 6.45) is 9.78. The molecular weight excluding hydrogens is 160 g/mol. The van der Waals surface area contributed by atoms with Crippen molar-refractivity contribution >= 4 is 0 Å². The van der Waals surface area contributed by atoms with Gasteiger partial charge in [-0.1, -0.05) is 39.5 Å². The summed E-state index contributed by atoms with van der Waals surface area (Å²) in [6.45, 7) is 4.47. The zero-order chi connectivity index (χ0) is 9.73. The van der Waals surface area contributed by atoms with Crippen LogP contribution >= 0.6 is 0 Å². The predicted molar refractivity (Wildman–Crippen MR) is 56.7 cm³/mol. The van der Waals surface area contributed by atoms with Crippen LogP contribution in [0.15, 0.2) is 0 Å². The number of hydrogen-bond donors (Lipinski definition) is 1. The van der Waals surface area contributed by atoms with Gasteiger partial charge in [0.2, 0.25) is 0 Å². The zero-order valence-corrected chi connectivity index (χ0v) is 9.18. The van der Waals surface area contributed by atoms with Crippen LogP contribution in [0.2, 0.25) is 0 Å². The monoisotopic (exact) mass is 184 g/mol.